The summed E-state index contributed by atoms with van der Waals surface area (Å²) >= 11 is 0. The van der Waals surface area contributed by atoms with Crippen molar-refractivity contribution < 1.29 is 14.0 Å². The quantitative estimate of drug-likeness (QED) is 0.716. The molecule has 1 atom stereocenters. The Labute approximate surface area is 144 Å². The Kier molecular flexibility index (Phi) is 4.65. The number of rotatable bonds is 4. The zero-order valence-corrected chi connectivity index (χ0v) is 13.9. The van der Waals surface area contributed by atoms with Crippen LogP contribution in [0.25, 0.3) is 5.69 Å². The highest BCUT2D eigenvalue weighted by Crippen LogP contribution is 2.18. The van der Waals surface area contributed by atoms with Crippen LogP contribution in [0.3, 0.4) is 0 Å². The van der Waals surface area contributed by atoms with E-state index in [0.717, 1.165) is 11.3 Å². The third-order valence-corrected chi connectivity index (χ3v) is 3.75. The number of anilines is 1. The summed E-state index contributed by atoms with van der Waals surface area (Å²) in [5.41, 5.74) is 1.82. The minimum Gasteiger partial charge on any atom is -0.467 e. The number of aromatic nitrogens is 2. The molecular formula is C18H18N4O3. The first-order valence-corrected chi connectivity index (χ1v) is 7.81. The van der Waals surface area contributed by atoms with Crippen LogP contribution < -0.4 is 10.6 Å². The van der Waals surface area contributed by atoms with Gasteiger partial charge in [0.2, 0.25) is 0 Å². The monoisotopic (exact) mass is 338 g/mol. The number of nitrogens with one attached hydrogen (secondary N) is 2. The molecule has 0 spiro atoms. The summed E-state index contributed by atoms with van der Waals surface area (Å²) in [6.07, 6.45) is 3.07. The van der Waals surface area contributed by atoms with Crippen molar-refractivity contribution in [3.05, 3.63) is 66.2 Å². The Morgan fingerprint density at radius 1 is 1.12 bits per heavy atom. The van der Waals surface area contributed by atoms with Gasteiger partial charge in [-0.1, -0.05) is 18.2 Å². The van der Waals surface area contributed by atoms with E-state index in [2.05, 4.69) is 15.7 Å². The van der Waals surface area contributed by atoms with Crippen LogP contribution in [0, 0.1) is 6.92 Å². The Hall–Kier alpha value is -3.35. The predicted molar refractivity (Wildman–Crippen MR) is 92.2 cm³/mol. The fraction of sp³-hybridized carbons (Fsp3) is 0.167. The number of nitrogens with zero attached hydrogens (tertiary/aromatic N) is 2. The van der Waals surface area contributed by atoms with Crippen molar-refractivity contribution >= 4 is 17.6 Å². The van der Waals surface area contributed by atoms with Gasteiger partial charge < -0.3 is 15.1 Å². The number of carbonyl (C=O) groups is 2. The summed E-state index contributed by atoms with van der Waals surface area (Å²) in [5.74, 6) is -0.527. The maximum Gasteiger partial charge on any atom is 0.314 e. The molecule has 2 aromatic heterocycles. The van der Waals surface area contributed by atoms with Crippen LogP contribution in [-0.4, -0.2) is 21.6 Å². The number of benzene rings is 1. The van der Waals surface area contributed by atoms with E-state index >= 15 is 0 Å². The van der Waals surface area contributed by atoms with E-state index < -0.39 is 17.9 Å². The molecule has 25 heavy (non-hydrogen) atoms. The highest BCUT2D eigenvalue weighted by molar-refractivity contribution is 6.39. The Bertz CT molecular complexity index is 883. The third kappa shape index (κ3) is 3.60. The molecule has 7 nitrogen and oxygen atoms in total. The summed E-state index contributed by atoms with van der Waals surface area (Å²) in [6.45, 7) is 3.68. The molecular weight excluding hydrogens is 320 g/mol. The van der Waals surface area contributed by atoms with E-state index in [1.54, 1.807) is 36.0 Å². The van der Waals surface area contributed by atoms with Gasteiger partial charge in [0.25, 0.3) is 0 Å². The molecule has 0 aliphatic carbocycles. The molecule has 2 heterocycles. The largest absolute Gasteiger partial charge is 0.467 e. The fourth-order valence-corrected chi connectivity index (χ4v) is 2.44. The number of aryl methyl sites for hydroxylation is 1. The molecule has 0 saturated heterocycles. The van der Waals surface area contributed by atoms with Crippen molar-refractivity contribution in [1.82, 2.24) is 15.1 Å². The molecule has 128 valence electrons. The molecule has 0 unspecified atom stereocenters. The Morgan fingerprint density at radius 3 is 2.64 bits per heavy atom. The zero-order valence-electron chi connectivity index (χ0n) is 13.9. The van der Waals surface area contributed by atoms with Crippen LogP contribution in [-0.2, 0) is 9.59 Å². The maximum atomic E-state index is 12.2. The summed E-state index contributed by atoms with van der Waals surface area (Å²) < 4.78 is 6.79. The SMILES string of the molecule is Cc1ccccc1-n1nccc1NC(=O)C(=O)N[C@H](C)c1ccco1. The third-order valence-electron chi connectivity index (χ3n) is 3.75. The Morgan fingerprint density at radius 2 is 1.92 bits per heavy atom. The van der Waals surface area contributed by atoms with E-state index in [1.807, 2.05) is 31.2 Å². The first-order chi connectivity index (χ1) is 12.1. The number of furan rings is 1. The molecule has 0 saturated carbocycles. The number of hydrogen-bond acceptors (Lipinski definition) is 4. The first kappa shape index (κ1) is 16.5. The normalized spacial score (nSPS) is 11.8. The Balaban J connectivity index is 1.71. The van der Waals surface area contributed by atoms with Crippen molar-refractivity contribution in [2.24, 2.45) is 0 Å². The second kappa shape index (κ2) is 7.04. The van der Waals surface area contributed by atoms with Crippen molar-refractivity contribution in [3.8, 4) is 5.69 Å². The van der Waals surface area contributed by atoms with Gasteiger partial charge in [0, 0.05) is 6.07 Å². The lowest BCUT2D eigenvalue weighted by Gasteiger charge is -2.13. The van der Waals surface area contributed by atoms with Crippen molar-refractivity contribution in [2.45, 2.75) is 19.9 Å². The van der Waals surface area contributed by atoms with Crippen LogP contribution in [0.15, 0.2) is 59.3 Å². The van der Waals surface area contributed by atoms with Gasteiger partial charge in [-0.15, -0.1) is 0 Å². The van der Waals surface area contributed by atoms with Gasteiger partial charge in [0.1, 0.15) is 11.6 Å². The molecule has 0 radical (unpaired) electrons. The highest BCUT2D eigenvalue weighted by atomic mass is 16.3. The summed E-state index contributed by atoms with van der Waals surface area (Å²) in [7, 11) is 0. The minimum atomic E-state index is -0.770. The summed E-state index contributed by atoms with van der Waals surface area (Å²) in [6, 6.07) is 12.3. The van der Waals surface area contributed by atoms with Crippen LogP contribution in [0.2, 0.25) is 0 Å². The van der Waals surface area contributed by atoms with Gasteiger partial charge in [-0.25, -0.2) is 4.68 Å². The lowest BCUT2D eigenvalue weighted by atomic mass is 10.2. The van der Waals surface area contributed by atoms with Crippen LogP contribution in [0.5, 0.6) is 0 Å². The van der Waals surface area contributed by atoms with Gasteiger partial charge in [-0.05, 0) is 37.6 Å². The van der Waals surface area contributed by atoms with Gasteiger partial charge in [0.05, 0.1) is 24.2 Å². The van der Waals surface area contributed by atoms with Gasteiger partial charge >= 0.3 is 11.8 Å². The molecule has 0 fully saturated rings. The minimum absolute atomic E-state index is 0.408. The maximum absolute atomic E-state index is 12.2. The molecule has 7 heteroatoms. The number of amides is 2. The van der Waals surface area contributed by atoms with E-state index in [-0.39, 0.29) is 0 Å². The smallest absolute Gasteiger partial charge is 0.314 e. The first-order valence-electron chi connectivity index (χ1n) is 7.81. The highest BCUT2D eigenvalue weighted by Gasteiger charge is 2.20. The van der Waals surface area contributed by atoms with Crippen LogP contribution in [0.1, 0.15) is 24.3 Å². The van der Waals surface area contributed by atoms with Crippen LogP contribution >= 0.6 is 0 Å². The molecule has 2 N–H and O–H groups in total. The lowest BCUT2D eigenvalue weighted by Crippen LogP contribution is -2.37. The van der Waals surface area contributed by atoms with Crippen LogP contribution in [0.4, 0.5) is 5.82 Å². The van der Waals surface area contributed by atoms with Gasteiger partial charge in [0.15, 0.2) is 0 Å². The fourth-order valence-electron chi connectivity index (χ4n) is 2.44. The molecule has 3 aromatic rings. The van der Waals surface area contributed by atoms with E-state index in [0.29, 0.717) is 11.6 Å². The summed E-state index contributed by atoms with van der Waals surface area (Å²) in [5, 5.41) is 9.39. The van der Waals surface area contributed by atoms with Gasteiger partial charge in [-0.3, -0.25) is 9.59 Å². The van der Waals surface area contributed by atoms with Crippen molar-refractivity contribution in [3.63, 3.8) is 0 Å². The van der Waals surface area contributed by atoms with E-state index in [9.17, 15) is 9.59 Å². The summed E-state index contributed by atoms with van der Waals surface area (Å²) in [4.78, 5) is 24.3. The van der Waals surface area contributed by atoms with Crippen molar-refractivity contribution in [1.29, 1.82) is 0 Å². The second-order valence-corrected chi connectivity index (χ2v) is 5.58. The van der Waals surface area contributed by atoms with Crippen molar-refractivity contribution in [2.75, 3.05) is 5.32 Å². The second-order valence-electron chi connectivity index (χ2n) is 5.58. The predicted octanol–water partition coefficient (Wildman–Crippen LogP) is 2.59. The molecule has 1 aromatic carbocycles. The molecule has 3 rings (SSSR count). The molecule has 0 aliphatic heterocycles. The van der Waals surface area contributed by atoms with E-state index in [1.165, 1.54) is 6.26 Å². The molecule has 0 aliphatic rings. The number of para-hydroxylation sites is 1. The average molecular weight is 338 g/mol. The topological polar surface area (TPSA) is 89.2 Å². The number of carbonyl (C=O) groups excluding carboxylic acids is 2. The van der Waals surface area contributed by atoms with Gasteiger partial charge in [-0.2, -0.15) is 5.10 Å². The molecule has 0 bridgehead atoms. The molecule has 2 amide bonds. The van der Waals surface area contributed by atoms with E-state index in [4.69, 9.17) is 4.42 Å². The standard InChI is InChI=1S/C18H18N4O3/c1-12-6-3-4-7-14(12)22-16(9-10-19-22)21-18(24)17(23)20-13(2)15-8-5-11-25-15/h3-11,13H,1-2H3,(H,20,23)(H,21,24)/t13-/m1/s1. The number of hydrogen-bond donors (Lipinski definition) is 2. The average Bonchev–Trinajstić information content (AvgIpc) is 3.27. The zero-order chi connectivity index (χ0) is 17.8. The lowest BCUT2D eigenvalue weighted by molar-refractivity contribution is -0.136.